The van der Waals surface area contributed by atoms with E-state index < -0.39 is 40.7 Å². The molecule has 2 spiro atoms. The van der Waals surface area contributed by atoms with Crippen LogP contribution in [0.3, 0.4) is 0 Å². The third kappa shape index (κ3) is 7.70. The van der Waals surface area contributed by atoms with Gasteiger partial charge in [-0.05, 0) is 111 Å². The maximum Gasteiger partial charge on any atom is 0.329 e. The molecule has 1 aromatic heterocycles. The summed E-state index contributed by atoms with van der Waals surface area (Å²) in [6.45, 7) is 3.28. The van der Waals surface area contributed by atoms with E-state index >= 15 is 4.39 Å². The van der Waals surface area contributed by atoms with Crippen molar-refractivity contribution in [3.8, 4) is 0 Å². The Hall–Kier alpha value is -4.60. The summed E-state index contributed by atoms with van der Waals surface area (Å²) in [5, 5.41) is 13.0. The molecule has 0 bridgehead atoms. The minimum absolute atomic E-state index is 0.0477. The van der Waals surface area contributed by atoms with Gasteiger partial charge in [0.15, 0.2) is 0 Å². The number of fused-ring (bicyclic) bond motifs is 4. The van der Waals surface area contributed by atoms with Crippen molar-refractivity contribution in [1.82, 2.24) is 30.0 Å². The number of morpholine rings is 1. The standard InChI is InChI=1S/C49H56Cl2FN7O6/c1-57-39-24-28(11-17-37(39)59(47(57)64)38-18-19-40(60)55-44(38)61)10-15-32-27-58(22-23-65-32)26-29-8-13-31(14-9-29)53-45(62)43-41(33-6-5-7-35(51)42(33)52)49(48(56-43)20-3-2-4-21-48)34-16-12-30(50)25-36(34)54-46(49)63/h5-7,11-12,16-17,24-25,29,31-32,38,41,43,56H,2-4,8-10,13-15,18-23,26-27H2,1H3,(H,53,62)(H,54,63)(H,55,60,61)/t29?,31?,32-,38?,41+,43-,49-/m1/s1. The summed E-state index contributed by atoms with van der Waals surface area (Å²) >= 11 is 12.9. The number of piperidine rings is 1. The molecule has 10 rings (SSSR count). The molecule has 4 amide bonds. The van der Waals surface area contributed by atoms with E-state index in [9.17, 15) is 24.0 Å². The number of amides is 4. The van der Waals surface area contributed by atoms with Crippen molar-refractivity contribution in [3.63, 3.8) is 0 Å². The van der Waals surface area contributed by atoms with Gasteiger partial charge in [0, 0.05) is 61.3 Å². The third-order valence-electron chi connectivity index (χ3n) is 15.7. The van der Waals surface area contributed by atoms with Crippen LogP contribution in [0.5, 0.6) is 0 Å². The maximum absolute atomic E-state index is 16.4. The summed E-state index contributed by atoms with van der Waals surface area (Å²) in [5.41, 5.74) is 1.76. The SMILES string of the molecule is Cn1c(=O)n(C2CCC(=O)NC2=O)c2ccc(CC[C@@H]3CN(CC4CCC(NC(=O)[C@@H]5NC6(CCCCC6)[C@@]6(C(=O)Nc7cc(Cl)ccc76)[C@H]5c5cccc(Cl)c5F)CC4)CCO3)cc21. The zero-order valence-electron chi connectivity index (χ0n) is 36.6. The van der Waals surface area contributed by atoms with Gasteiger partial charge in [0.05, 0.1) is 34.8 Å². The molecule has 65 heavy (non-hydrogen) atoms. The van der Waals surface area contributed by atoms with E-state index in [1.54, 1.807) is 35.9 Å². The highest BCUT2D eigenvalue weighted by atomic mass is 35.5. The number of benzene rings is 3. The summed E-state index contributed by atoms with van der Waals surface area (Å²) in [5.74, 6) is -2.24. The largest absolute Gasteiger partial charge is 0.376 e. The Balaban J connectivity index is 0.785. The molecule has 6 aliphatic rings. The number of halogens is 3. The Morgan fingerprint density at radius 3 is 2.52 bits per heavy atom. The average molecular weight is 929 g/mol. The molecule has 0 radical (unpaired) electrons. The summed E-state index contributed by atoms with van der Waals surface area (Å²) in [4.78, 5) is 69.6. The number of aryl methyl sites for hydroxylation is 2. The first-order valence-corrected chi connectivity index (χ1v) is 24.1. The molecule has 16 heteroatoms. The number of imide groups is 1. The quantitative estimate of drug-likeness (QED) is 0.140. The first kappa shape index (κ1) is 44.2. The van der Waals surface area contributed by atoms with E-state index in [0.717, 1.165) is 94.1 Å². The minimum atomic E-state index is -1.27. The second-order valence-corrected chi connectivity index (χ2v) is 20.2. The molecule has 4 aromatic rings. The van der Waals surface area contributed by atoms with E-state index in [1.807, 2.05) is 24.3 Å². The molecule has 4 aliphatic heterocycles. The van der Waals surface area contributed by atoms with E-state index in [1.165, 1.54) is 10.6 Å². The fourth-order valence-corrected chi connectivity index (χ4v) is 13.0. The molecule has 2 aliphatic carbocycles. The number of ether oxygens (including phenoxy) is 1. The molecular formula is C49H56Cl2FN7O6. The lowest BCUT2D eigenvalue weighted by atomic mass is 9.55. The van der Waals surface area contributed by atoms with Gasteiger partial charge in [0.1, 0.15) is 17.3 Å². The molecule has 5 atom stereocenters. The summed E-state index contributed by atoms with van der Waals surface area (Å²) in [7, 11) is 1.71. The van der Waals surface area contributed by atoms with Crippen molar-refractivity contribution in [2.24, 2.45) is 13.0 Å². The Morgan fingerprint density at radius 2 is 1.74 bits per heavy atom. The van der Waals surface area contributed by atoms with Gasteiger partial charge < -0.3 is 15.4 Å². The third-order valence-corrected chi connectivity index (χ3v) is 16.2. The van der Waals surface area contributed by atoms with Crippen LogP contribution in [0, 0.1) is 11.7 Å². The molecule has 4 N–H and O–H groups in total. The Kier molecular flexibility index (Phi) is 12.0. The summed E-state index contributed by atoms with van der Waals surface area (Å²) in [6.07, 6.45) is 9.80. The van der Waals surface area contributed by atoms with Gasteiger partial charge in [0.25, 0.3) is 0 Å². The van der Waals surface area contributed by atoms with Crippen LogP contribution in [-0.2, 0) is 42.8 Å². The number of anilines is 1. The summed E-state index contributed by atoms with van der Waals surface area (Å²) in [6, 6.07) is 14.5. The highest BCUT2D eigenvalue weighted by Gasteiger charge is 2.72. The van der Waals surface area contributed by atoms with Gasteiger partial charge in [-0.3, -0.25) is 43.8 Å². The first-order valence-electron chi connectivity index (χ1n) is 23.4. The summed E-state index contributed by atoms with van der Waals surface area (Å²) < 4.78 is 25.7. The number of hydrogen-bond acceptors (Lipinski definition) is 8. The number of nitrogens with zero attached hydrogens (tertiary/aromatic N) is 3. The van der Waals surface area contributed by atoms with Gasteiger partial charge in [-0.15, -0.1) is 0 Å². The van der Waals surface area contributed by atoms with Crippen LogP contribution in [0.1, 0.15) is 106 Å². The monoisotopic (exact) mass is 927 g/mol. The average Bonchev–Trinajstić information content (AvgIpc) is 3.85. The second-order valence-electron chi connectivity index (χ2n) is 19.4. The van der Waals surface area contributed by atoms with Crippen LogP contribution in [0.15, 0.2) is 59.4 Å². The topological polar surface area (TPSA) is 156 Å². The first-order chi connectivity index (χ1) is 31.4. The number of hydrogen-bond donors (Lipinski definition) is 4. The molecule has 3 saturated heterocycles. The molecule has 2 saturated carbocycles. The van der Waals surface area contributed by atoms with Crippen LogP contribution in [0.25, 0.3) is 11.0 Å². The van der Waals surface area contributed by atoms with Gasteiger partial charge in [-0.2, -0.15) is 0 Å². The minimum Gasteiger partial charge on any atom is -0.376 e. The van der Waals surface area contributed by atoms with E-state index in [4.69, 9.17) is 27.9 Å². The van der Waals surface area contributed by atoms with Crippen molar-refractivity contribution in [1.29, 1.82) is 0 Å². The number of rotatable bonds is 9. The van der Waals surface area contributed by atoms with Gasteiger partial charge in [0.2, 0.25) is 23.6 Å². The van der Waals surface area contributed by atoms with Crippen molar-refractivity contribution in [2.75, 3.05) is 31.6 Å². The van der Waals surface area contributed by atoms with Crippen molar-refractivity contribution in [2.45, 2.75) is 125 Å². The molecule has 1 unspecified atom stereocenters. The smallest absolute Gasteiger partial charge is 0.329 e. The zero-order valence-corrected chi connectivity index (χ0v) is 38.1. The zero-order chi connectivity index (χ0) is 45.2. The van der Waals surface area contributed by atoms with E-state index in [-0.39, 0.29) is 52.6 Å². The highest BCUT2D eigenvalue weighted by molar-refractivity contribution is 6.31. The van der Waals surface area contributed by atoms with Gasteiger partial charge in [-0.1, -0.05) is 66.7 Å². The molecule has 3 aromatic carbocycles. The molecule has 13 nitrogen and oxygen atoms in total. The fourth-order valence-electron chi connectivity index (χ4n) is 12.6. The highest BCUT2D eigenvalue weighted by Crippen LogP contribution is 2.63. The molecule has 5 heterocycles. The van der Waals surface area contributed by atoms with Gasteiger partial charge >= 0.3 is 5.69 Å². The van der Waals surface area contributed by atoms with Crippen molar-refractivity contribution < 1.29 is 28.3 Å². The number of nitrogens with one attached hydrogen (secondary N) is 4. The van der Waals surface area contributed by atoms with Crippen molar-refractivity contribution in [3.05, 3.63) is 97.6 Å². The fraction of sp³-hybridized carbons (Fsp3) is 0.531. The van der Waals surface area contributed by atoms with Crippen LogP contribution < -0.4 is 27.0 Å². The van der Waals surface area contributed by atoms with Gasteiger partial charge in [-0.25, -0.2) is 9.18 Å². The number of carbonyl (C=O) groups excluding carboxylic acids is 4. The second kappa shape index (κ2) is 17.6. The number of carbonyl (C=O) groups is 4. The number of imidazole rings is 1. The lowest BCUT2D eigenvalue weighted by Crippen LogP contribution is -2.60. The lowest BCUT2D eigenvalue weighted by molar-refractivity contribution is -0.136. The Bertz CT molecular complexity index is 2620. The van der Waals surface area contributed by atoms with Crippen molar-refractivity contribution >= 4 is 63.6 Å². The van der Waals surface area contributed by atoms with E-state index in [2.05, 4.69) is 26.2 Å². The molecular weight excluding hydrogens is 872 g/mol. The lowest BCUT2D eigenvalue weighted by Gasteiger charge is -2.47. The van der Waals surface area contributed by atoms with E-state index in [0.29, 0.717) is 48.0 Å². The predicted octanol–water partition coefficient (Wildman–Crippen LogP) is 6.42. The van der Waals surface area contributed by atoms with Crippen LogP contribution in [0.2, 0.25) is 10.0 Å². The van der Waals surface area contributed by atoms with Crippen LogP contribution >= 0.6 is 23.2 Å². The Morgan fingerprint density at radius 1 is 0.938 bits per heavy atom. The Labute approximate surface area is 387 Å². The number of aromatic nitrogens is 2. The normalized spacial score (nSPS) is 29.0. The molecule has 5 fully saturated rings. The molecule has 344 valence electrons. The predicted molar refractivity (Wildman–Crippen MR) is 246 cm³/mol. The maximum atomic E-state index is 16.4. The van der Waals surface area contributed by atoms with Crippen LogP contribution in [-0.4, -0.2) is 87.6 Å². The van der Waals surface area contributed by atoms with Crippen LogP contribution in [0.4, 0.5) is 10.1 Å².